The Morgan fingerprint density at radius 2 is 2.00 bits per heavy atom. The number of rotatable bonds is 7. The second-order valence-electron chi connectivity index (χ2n) is 7.74. The van der Waals surface area contributed by atoms with Gasteiger partial charge >= 0.3 is 0 Å². The number of carbonyl (C=O) groups excluding carboxylic acids is 1. The average Bonchev–Trinajstić information content (AvgIpc) is 3.11. The molecule has 1 unspecified atom stereocenters. The Bertz CT molecular complexity index is 723. The van der Waals surface area contributed by atoms with E-state index in [4.69, 9.17) is 4.52 Å². The Morgan fingerprint density at radius 3 is 2.70 bits per heavy atom. The van der Waals surface area contributed by atoms with Gasteiger partial charge in [0, 0.05) is 18.7 Å². The molecule has 0 saturated carbocycles. The standard InChI is InChI=1S/C21H30N4O2/c1-16(18-9-11-24(2)12-10-18)22-21(26)20-13-19(27-23-20)15-25(3)14-17-7-5-4-6-8-17/h4-8,13,16,18H,9-12,14-15H2,1-3H3,(H,22,26). The molecule has 0 aliphatic carbocycles. The molecule has 1 aromatic carbocycles. The first-order chi connectivity index (χ1) is 13.0. The molecule has 1 aliphatic rings. The molecular weight excluding hydrogens is 340 g/mol. The molecule has 3 rings (SSSR count). The maximum Gasteiger partial charge on any atom is 0.273 e. The van der Waals surface area contributed by atoms with E-state index < -0.39 is 0 Å². The first-order valence-corrected chi connectivity index (χ1v) is 9.68. The van der Waals surface area contributed by atoms with Gasteiger partial charge in [-0.15, -0.1) is 0 Å². The van der Waals surface area contributed by atoms with E-state index in [0.717, 1.165) is 32.5 Å². The summed E-state index contributed by atoms with van der Waals surface area (Å²) in [6.07, 6.45) is 2.23. The molecule has 0 radical (unpaired) electrons. The Balaban J connectivity index is 1.49. The van der Waals surface area contributed by atoms with E-state index in [9.17, 15) is 4.79 Å². The van der Waals surface area contributed by atoms with E-state index in [-0.39, 0.29) is 11.9 Å². The SMILES string of the molecule is CC(NC(=O)c1cc(CN(C)Cc2ccccc2)on1)C1CCN(C)CC1. The van der Waals surface area contributed by atoms with Crippen molar-refractivity contribution >= 4 is 5.91 Å². The molecule has 6 nitrogen and oxygen atoms in total. The summed E-state index contributed by atoms with van der Waals surface area (Å²) >= 11 is 0. The predicted octanol–water partition coefficient (Wildman–Crippen LogP) is 2.77. The van der Waals surface area contributed by atoms with E-state index >= 15 is 0 Å². The topological polar surface area (TPSA) is 61.6 Å². The van der Waals surface area contributed by atoms with Crippen LogP contribution >= 0.6 is 0 Å². The van der Waals surface area contributed by atoms with Crippen molar-refractivity contribution in [1.29, 1.82) is 0 Å². The number of amides is 1. The fourth-order valence-electron chi connectivity index (χ4n) is 3.64. The molecule has 1 atom stereocenters. The van der Waals surface area contributed by atoms with Gasteiger partial charge in [-0.3, -0.25) is 9.69 Å². The highest BCUT2D eigenvalue weighted by atomic mass is 16.5. The summed E-state index contributed by atoms with van der Waals surface area (Å²) in [7, 11) is 4.17. The van der Waals surface area contributed by atoms with Gasteiger partial charge in [-0.2, -0.15) is 0 Å². The zero-order valence-electron chi connectivity index (χ0n) is 16.5. The van der Waals surface area contributed by atoms with Gasteiger partial charge in [-0.25, -0.2) is 0 Å². The van der Waals surface area contributed by atoms with Gasteiger partial charge in [-0.05, 0) is 58.4 Å². The molecule has 2 aromatic rings. The van der Waals surface area contributed by atoms with E-state index in [1.807, 2.05) is 25.2 Å². The van der Waals surface area contributed by atoms with Gasteiger partial charge in [0.1, 0.15) is 0 Å². The Kier molecular flexibility index (Phi) is 6.63. The van der Waals surface area contributed by atoms with Crippen molar-refractivity contribution in [1.82, 2.24) is 20.3 Å². The number of aromatic nitrogens is 1. The number of nitrogens with zero attached hydrogens (tertiary/aromatic N) is 3. The zero-order chi connectivity index (χ0) is 19.2. The van der Waals surface area contributed by atoms with Crippen LogP contribution in [0.3, 0.4) is 0 Å². The number of nitrogens with one attached hydrogen (secondary N) is 1. The van der Waals surface area contributed by atoms with Crippen LogP contribution in [0.4, 0.5) is 0 Å². The van der Waals surface area contributed by atoms with Crippen LogP contribution in [-0.2, 0) is 13.1 Å². The van der Waals surface area contributed by atoms with Gasteiger partial charge < -0.3 is 14.7 Å². The summed E-state index contributed by atoms with van der Waals surface area (Å²) in [4.78, 5) is 17.0. The third-order valence-corrected chi connectivity index (χ3v) is 5.34. The predicted molar refractivity (Wildman–Crippen MR) is 105 cm³/mol. The monoisotopic (exact) mass is 370 g/mol. The summed E-state index contributed by atoms with van der Waals surface area (Å²) in [5.41, 5.74) is 1.60. The molecule has 146 valence electrons. The highest BCUT2D eigenvalue weighted by Gasteiger charge is 2.24. The minimum Gasteiger partial charge on any atom is -0.359 e. The fraction of sp³-hybridized carbons (Fsp3) is 0.524. The normalized spacial score (nSPS) is 17.2. The Labute approximate surface area is 161 Å². The molecule has 1 saturated heterocycles. The summed E-state index contributed by atoms with van der Waals surface area (Å²) in [6, 6.07) is 12.2. The van der Waals surface area contributed by atoms with Crippen LogP contribution in [0.1, 0.15) is 41.6 Å². The van der Waals surface area contributed by atoms with E-state index in [1.54, 1.807) is 6.07 Å². The van der Waals surface area contributed by atoms with Crippen molar-refractivity contribution in [2.45, 2.75) is 38.9 Å². The van der Waals surface area contributed by atoms with Crippen LogP contribution in [-0.4, -0.2) is 54.1 Å². The second-order valence-corrected chi connectivity index (χ2v) is 7.74. The second kappa shape index (κ2) is 9.15. The van der Waals surface area contributed by atoms with Crippen molar-refractivity contribution in [3.8, 4) is 0 Å². The Hall–Kier alpha value is -2.18. The number of hydrogen-bond acceptors (Lipinski definition) is 5. The lowest BCUT2D eigenvalue weighted by atomic mass is 9.90. The van der Waals surface area contributed by atoms with Crippen LogP contribution in [0.25, 0.3) is 0 Å². The van der Waals surface area contributed by atoms with E-state index in [2.05, 4.69) is 46.4 Å². The largest absolute Gasteiger partial charge is 0.359 e. The van der Waals surface area contributed by atoms with Crippen molar-refractivity contribution in [2.24, 2.45) is 5.92 Å². The Morgan fingerprint density at radius 1 is 1.30 bits per heavy atom. The highest BCUT2D eigenvalue weighted by Crippen LogP contribution is 2.20. The number of hydrogen-bond donors (Lipinski definition) is 1. The fourth-order valence-corrected chi connectivity index (χ4v) is 3.64. The van der Waals surface area contributed by atoms with Gasteiger partial charge in [0.15, 0.2) is 11.5 Å². The lowest BCUT2D eigenvalue weighted by molar-refractivity contribution is 0.0900. The molecule has 1 aliphatic heterocycles. The summed E-state index contributed by atoms with van der Waals surface area (Å²) < 4.78 is 5.38. The summed E-state index contributed by atoms with van der Waals surface area (Å²) in [6.45, 7) is 5.69. The smallest absolute Gasteiger partial charge is 0.273 e. The van der Waals surface area contributed by atoms with Crippen LogP contribution < -0.4 is 5.32 Å². The molecule has 0 bridgehead atoms. The number of likely N-dealkylation sites (tertiary alicyclic amines) is 1. The van der Waals surface area contributed by atoms with E-state index in [0.29, 0.717) is 23.9 Å². The lowest BCUT2D eigenvalue weighted by Crippen LogP contribution is -2.43. The molecule has 1 amide bonds. The van der Waals surface area contributed by atoms with Gasteiger partial charge in [0.2, 0.25) is 0 Å². The minimum absolute atomic E-state index is 0.145. The summed E-state index contributed by atoms with van der Waals surface area (Å²) in [5.74, 6) is 1.07. The van der Waals surface area contributed by atoms with Crippen LogP contribution in [0, 0.1) is 5.92 Å². The zero-order valence-corrected chi connectivity index (χ0v) is 16.5. The quantitative estimate of drug-likeness (QED) is 0.812. The first kappa shape index (κ1) is 19.6. The maximum atomic E-state index is 12.5. The van der Waals surface area contributed by atoms with Crippen LogP contribution in [0.15, 0.2) is 40.9 Å². The van der Waals surface area contributed by atoms with Crippen LogP contribution in [0.2, 0.25) is 0 Å². The average molecular weight is 370 g/mol. The van der Waals surface area contributed by atoms with Gasteiger partial charge in [0.25, 0.3) is 5.91 Å². The van der Waals surface area contributed by atoms with Crippen molar-refractivity contribution in [3.05, 3.63) is 53.4 Å². The molecular formula is C21H30N4O2. The highest BCUT2D eigenvalue weighted by molar-refractivity contribution is 5.92. The van der Waals surface area contributed by atoms with Crippen molar-refractivity contribution in [3.63, 3.8) is 0 Å². The maximum absolute atomic E-state index is 12.5. The minimum atomic E-state index is -0.151. The van der Waals surface area contributed by atoms with Crippen molar-refractivity contribution < 1.29 is 9.32 Å². The molecule has 1 aromatic heterocycles. The lowest BCUT2D eigenvalue weighted by Gasteiger charge is -2.32. The molecule has 2 heterocycles. The molecule has 1 fully saturated rings. The van der Waals surface area contributed by atoms with Crippen LogP contribution in [0.5, 0.6) is 0 Å². The van der Waals surface area contributed by atoms with E-state index in [1.165, 1.54) is 5.56 Å². The number of benzene rings is 1. The molecule has 27 heavy (non-hydrogen) atoms. The molecule has 0 spiro atoms. The molecule has 6 heteroatoms. The van der Waals surface area contributed by atoms with Crippen molar-refractivity contribution in [2.75, 3.05) is 27.2 Å². The van der Waals surface area contributed by atoms with Gasteiger partial charge in [-0.1, -0.05) is 35.5 Å². The van der Waals surface area contributed by atoms with Gasteiger partial charge in [0.05, 0.1) is 6.54 Å². The first-order valence-electron chi connectivity index (χ1n) is 9.68. The number of piperidine rings is 1. The third kappa shape index (κ3) is 5.65. The molecule has 1 N–H and O–H groups in total. The number of carbonyl (C=O) groups is 1. The summed E-state index contributed by atoms with van der Waals surface area (Å²) in [5, 5.41) is 7.06. The third-order valence-electron chi connectivity index (χ3n) is 5.34.